The molecule has 0 aliphatic carbocycles. The lowest BCUT2D eigenvalue weighted by Gasteiger charge is -2.18. The molecule has 1 heterocycles. The number of alkyl halides is 3. The predicted octanol–water partition coefficient (Wildman–Crippen LogP) is 3.02. The second-order valence-corrected chi connectivity index (χ2v) is 6.51. The minimum Gasteiger partial charge on any atom is -0.333 e. The van der Waals surface area contributed by atoms with Crippen LogP contribution in [0.25, 0.3) is 0 Å². The molecule has 1 aromatic carbocycles. The van der Waals surface area contributed by atoms with Crippen molar-refractivity contribution in [3.8, 4) is 0 Å². The number of halogens is 4. The number of likely N-dealkylation sites (tertiary alicyclic amines) is 1. The number of benzene rings is 1. The van der Waals surface area contributed by atoms with E-state index < -0.39 is 35.4 Å². The van der Waals surface area contributed by atoms with Crippen molar-refractivity contribution in [2.45, 2.75) is 19.5 Å². The first-order valence-corrected chi connectivity index (χ1v) is 7.87. The summed E-state index contributed by atoms with van der Waals surface area (Å²) < 4.78 is 37.6. The van der Waals surface area contributed by atoms with Crippen molar-refractivity contribution in [3.05, 3.63) is 32.3 Å². The average Bonchev–Trinajstić information content (AvgIpc) is 2.80. The summed E-state index contributed by atoms with van der Waals surface area (Å²) in [4.78, 5) is 34.8. The summed E-state index contributed by atoms with van der Waals surface area (Å²) in [5, 5.41) is 13.4. The molecule has 136 valence electrons. The fraction of sp³-hybridized carbons (Fsp3) is 0.429. The number of nitro benzene ring substituents is 1. The lowest BCUT2D eigenvalue weighted by atomic mass is 10.1. The molecule has 1 aliphatic rings. The third kappa shape index (κ3) is 4.68. The van der Waals surface area contributed by atoms with E-state index in [-0.39, 0.29) is 24.3 Å². The molecule has 0 unspecified atom stereocenters. The molecular weight excluding hydrogens is 411 g/mol. The molecule has 2 amide bonds. The van der Waals surface area contributed by atoms with Crippen molar-refractivity contribution in [3.63, 3.8) is 0 Å². The van der Waals surface area contributed by atoms with Crippen molar-refractivity contribution in [2.75, 3.05) is 18.4 Å². The largest absolute Gasteiger partial charge is 0.406 e. The van der Waals surface area contributed by atoms with Gasteiger partial charge in [0.2, 0.25) is 11.8 Å². The first kappa shape index (κ1) is 19.2. The van der Waals surface area contributed by atoms with Crippen LogP contribution in [0.2, 0.25) is 0 Å². The number of hydrogen-bond acceptors (Lipinski definition) is 4. The van der Waals surface area contributed by atoms with Crippen LogP contribution in [0.4, 0.5) is 24.5 Å². The van der Waals surface area contributed by atoms with Crippen LogP contribution in [0.3, 0.4) is 0 Å². The fourth-order valence-corrected chi connectivity index (χ4v) is 3.06. The number of nitrogens with zero attached hydrogens (tertiary/aromatic N) is 2. The van der Waals surface area contributed by atoms with E-state index in [0.717, 1.165) is 6.07 Å². The molecule has 1 atom stereocenters. The molecule has 1 N–H and O–H groups in total. The zero-order valence-electron chi connectivity index (χ0n) is 12.9. The van der Waals surface area contributed by atoms with Crippen molar-refractivity contribution in [2.24, 2.45) is 5.92 Å². The van der Waals surface area contributed by atoms with Gasteiger partial charge in [0, 0.05) is 29.1 Å². The molecule has 0 saturated carbocycles. The maximum Gasteiger partial charge on any atom is 0.406 e. The van der Waals surface area contributed by atoms with Crippen LogP contribution < -0.4 is 5.32 Å². The van der Waals surface area contributed by atoms with E-state index in [1.807, 2.05) is 0 Å². The molecule has 25 heavy (non-hydrogen) atoms. The molecule has 11 heteroatoms. The number of anilines is 1. The predicted molar refractivity (Wildman–Crippen MR) is 84.9 cm³/mol. The van der Waals surface area contributed by atoms with Crippen LogP contribution in [0.15, 0.2) is 16.6 Å². The summed E-state index contributed by atoms with van der Waals surface area (Å²) >= 11 is 3.17. The molecule has 1 fully saturated rings. The quantitative estimate of drug-likeness (QED) is 0.594. The van der Waals surface area contributed by atoms with Gasteiger partial charge in [0.15, 0.2) is 0 Å². The summed E-state index contributed by atoms with van der Waals surface area (Å²) in [6, 6.07) is 2.60. The first-order valence-electron chi connectivity index (χ1n) is 7.08. The number of aryl methyl sites for hydroxylation is 1. The van der Waals surface area contributed by atoms with Gasteiger partial charge in [0.25, 0.3) is 5.69 Å². The van der Waals surface area contributed by atoms with Crippen molar-refractivity contribution >= 4 is 39.1 Å². The number of hydrogen-bond donors (Lipinski definition) is 1. The Kier molecular flexibility index (Phi) is 5.35. The Morgan fingerprint density at radius 2 is 2.12 bits per heavy atom. The maximum atomic E-state index is 12.4. The highest BCUT2D eigenvalue weighted by molar-refractivity contribution is 9.10. The summed E-state index contributed by atoms with van der Waals surface area (Å²) in [7, 11) is 0. The van der Waals surface area contributed by atoms with Crippen molar-refractivity contribution < 1.29 is 27.7 Å². The number of amides is 2. The zero-order chi connectivity index (χ0) is 18.9. The molecule has 1 aliphatic heterocycles. The Bertz CT molecular complexity index is 739. The molecule has 0 spiro atoms. The molecule has 1 aromatic rings. The Morgan fingerprint density at radius 3 is 2.68 bits per heavy atom. The zero-order valence-corrected chi connectivity index (χ0v) is 14.5. The summed E-state index contributed by atoms with van der Waals surface area (Å²) in [6.07, 6.45) is -4.88. The third-order valence-electron chi connectivity index (χ3n) is 3.70. The van der Waals surface area contributed by atoms with Crippen LogP contribution >= 0.6 is 15.9 Å². The van der Waals surface area contributed by atoms with Crippen LogP contribution in [-0.2, 0) is 9.59 Å². The lowest BCUT2D eigenvalue weighted by molar-refractivity contribution is -0.385. The minimum absolute atomic E-state index is 0.115. The number of nitro groups is 1. The van der Waals surface area contributed by atoms with E-state index in [4.69, 9.17) is 0 Å². The van der Waals surface area contributed by atoms with Gasteiger partial charge in [-0.3, -0.25) is 19.7 Å². The van der Waals surface area contributed by atoms with Crippen LogP contribution in [0.1, 0.15) is 12.0 Å². The van der Waals surface area contributed by atoms with Crippen LogP contribution in [0, 0.1) is 23.0 Å². The van der Waals surface area contributed by atoms with Crippen LogP contribution in [0.5, 0.6) is 0 Å². The highest BCUT2D eigenvalue weighted by Gasteiger charge is 2.40. The summed E-state index contributed by atoms with van der Waals surface area (Å²) in [6.45, 7) is -0.232. The number of carbonyl (C=O) groups excluding carboxylic acids is 2. The fourth-order valence-electron chi connectivity index (χ4n) is 2.51. The van der Waals surface area contributed by atoms with E-state index in [0.29, 0.717) is 14.9 Å². The average molecular weight is 424 g/mol. The van der Waals surface area contributed by atoms with E-state index in [1.54, 1.807) is 0 Å². The second kappa shape index (κ2) is 6.98. The van der Waals surface area contributed by atoms with E-state index in [2.05, 4.69) is 21.2 Å². The molecule has 2 rings (SSSR count). The molecular formula is C14H13BrF3N3O4. The van der Waals surface area contributed by atoms with Gasteiger partial charge in [-0.2, -0.15) is 13.2 Å². The Labute approximate surface area is 148 Å². The second-order valence-electron chi connectivity index (χ2n) is 5.66. The third-order valence-corrected chi connectivity index (χ3v) is 4.35. The molecule has 0 bridgehead atoms. The van der Waals surface area contributed by atoms with Crippen molar-refractivity contribution in [1.29, 1.82) is 0 Å². The van der Waals surface area contributed by atoms with Crippen LogP contribution in [-0.4, -0.2) is 40.9 Å². The normalized spacial score (nSPS) is 17.7. The van der Waals surface area contributed by atoms with Gasteiger partial charge in [-0.25, -0.2) is 0 Å². The topological polar surface area (TPSA) is 92.6 Å². The van der Waals surface area contributed by atoms with Gasteiger partial charge in [-0.05, 0) is 28.9 Å². The molecule has 0 radical (unpaired) electrons. The summed E-state index contributed by atoms with van der Waals surface area (Å²) in [5.41, 5.74) is 0.283. The van der Waals surface area contributed by atoms with Crippen molar-refractivity contribution in [1.82, 2.24) is 4.90 Å². The lowest BCUT2D eigenvalue weighted by Crippen LogP contribution is -2.36. The molecule has 7 nitrogen and oxygen atoms in total. The van der Waals surface area contributed by atoms with Gasteiger partial charge < -0.3 is 10.2 Å². The summed E-state index contributed by atoms with van der Waals surface area (Å²) in [5.74, 6) is -2.38. The Balaban J connectivity index is 2.12. The number of carbonyl (C=O) groups is 2. The Hall–Kier alpha value is -2.17. The van der Waals surface area contributed by atoms with Gasteiger partial charge in [-0.1, -0.05) is 0 Å². The first-order chi connectivity index (χ1) is 11.5. The van der Waals surface area contributed by atoms with Gasteiger partial charge in [0.1, 0.15) is 6.54 Å². The Morgan fingerprint density at radius 1 is 1.48 bits per heavy atom. The maximum absolute atomic E-state index is 12.4. The number of rotatable bonds is 4. The minimum atomic E-state index is -4.54. The highest BCUT2D eigenvalue weighted by Crippen LogP contribution is 2.32. The standard InChI is InChI=1S/C14H13BrF3N3O4/c1-7-2-9(15)10(4-11(7)21(24)25)19-13(23)8-3-12(22)20(5-8)6-14(16,17)18/h2,4,8H,3,5-6H2,1H3,(H,19,23)/t8-/m0/s1. The van der Waals surface area contributed by atoms with Gasteiger partial charge >= 0.3 is 6.18 Å². The van der Waals surface area contributed by atoms with Gasteiger partial charge in [-0.15, -0.1) is 0 Å². The molecule has 0 aromatic heterocycles. The SMILES string of the molecule is Cc1cc(Br)c(NC(=O)[C@H]2CC(=O)N(CC(F)(F)F)C2)cc1[N+](=O)[O-]. The number of nitrogens with one attached hydrogen (secondary N) is 1. The molecule has 1 saturated heterocycles. The van der Waals surface area contributed by atoms with E-state index in [1.165, 1.54) is 13.0 Å². The monoisotopic (exact) mass is 423 g/mol. The van der Waals surface area contributed by atoms with E-state index >= 15 is 0 Å². The van der Waals surface area contributed by atoms with E-state index in [9.17, 15) is 32.9 Å². The highest BCUT2D eigenvalue weighted by atomic mass is 79.9. The van der Waals surface area contributed by atoms with Gasteiger partial charge in [0.05, 0.1) is 16.5 Å². The smallest absolute Gasteiger partial charge is 0.333 e.